The van der Waals surface area contributed by atoms with Crippen LogP contribution in [-0.4, -0.2) is 10.1 Å². The lowest BCUT2D eigenvalue weighted by Gasteiger charge is -2.19. The van der Waals surface area contributed by atoms with Crippen molar-refractivity contribution >= 4 is 0 Å². The maximum Gasteiger partial charge on any atom is 0.0841 e. The molecule has 0 radical (unpaired) electrons. The summed E-state index contributed by atoms with van der Waals surface area (Å²) in [5, 5.41) is 9.89. The Hall–Kier alpha value is -0.890. The van der Waals surface area contributed by atoms with Crippen LogP contribution in [0.4, 0.5) is 0 Å². The zero-order valence-electron chi connectivity index (χ0n) is 9.63. The number of aryl methyl sites for hydroxylation is 1. The standard InChI is InChI=1S/C12H19NO/c1-8(2)11-7-10(12(4,5)14)6-9(3)13-11/h6-8,14H,1-5H3. The molecule has 0 unspecified atom stereocenters. The molecule has 1 aromatic heterocycles. The van der Waals surface area contributed by atoms with Gasteiger partial charge in [-0.05, 0) is 44.4 Å². The van der Waals surface area contributed by atoms with Gasteiger partial charge in [0.25, 0.3) is 0 Å². The first kappa shape index (κ1) is 11.2. The maximum atomic E-state index is 9.89. The average molecular weight is 193 g/mol. The topological polar surface area (TPSA) is 33.1 Å². The van der Waals surface area contributed by atoms with E-state index < -0.39 is 5.60 Å². The molecule has 1 rings (SSSR count). The van der Waals surface area contributed by atoms with E-state index in [2.05, 4.69) is 18.8 Å². The zero-order chi connectivity index (χ0) is 10.9. The Morgan fingerprint density at radius 1 is 1.29 bits per heavy atom. The molecule has 2 heteroatoms. The summed E-state index contributed by atoms with van der Waals surface area (Å²) in [6.07, 6.45) is 0. The van der Waals surface area contributed by atoms with Gasteiger partial charge in [0.05, 0.1) is 5.60 Å². The fraction of sp³-hybridized carbons (Fsp3) is 0.583. The lowest BCUT2D eigenvalue weighted by Crippen LogP contribution is -2.16. The maximum absolute atomic E-state index is 9.89. The van der Waals surface area contributed by atoms with Crippen LogP contribution in [0.3, 0.4) is 0 Å². The Labute approximate surface area is 86.0 Å². The van der Waals surface area contributed by atoms with Gasteiger partial charge >= 0.3 is 0 Å². The second kappa shape index (κ2) is 3.70. The first-order valence-corrected chi connectivity index (χ1v) is 5.02. The van der Waals surface area contributed by atoms with Crippen molar-refractivity contribution in [2.45, 2.75) is 46.1 Å². The molecule has 0 saturated heterocycles. The third kappa shape index (κ3) is 2.55. The molecule has 0 bridgehead atoms. The zero-order valence-corrected chi connectivity index (χ0v) is 9.63. The normalized spacial score (nSPS) is 12.2. The lowest BCUT2D eigenvalue weighted by atomic mass is 9.96. The van der Waals surface area contributed by atoms with E-state index in [1.807, 2.05) is 19.1 Å². The Balaban J connectivity index is 3.21. The van der Waals surface area contributed by atoms with Gasteiger partial charge in [-0.3, -0.25) is 4.98 Å². The van der Waals surface area contributed by atoms with Crippen molar-refractivity contribution in [3.8, 4) is 0 Å². The van der Waals surface area contributed by atoms with Gasteiger partial charge in [0.1, 0.15) is 0 Å². The van der Waals surface area contributed by atoms with Gasteiger partial charge in [0.15, 0.2) is 0 Å². The Morgan fingerprint density at radius 2 is 1.86 bits per heavy atom. The van der Waals surface area contributed by atoms with Gasteiger partial charge in [-0.1, -0.05) is 13.8 Å². The van der Waals surface area contributed by atoms with Gasteiger partial charge in [0.2, 0.25) is 0 Å². The Bertz CT molecular complexity index is 324. The van der Waals surface area contributed by atoms with Crippen molar-refractivity contribution in [2.75, 3.05) is 0 Å². The molecular weight excluding hydrogens is 174 g/mol. The largest absolute Gasteiger partial charge is 0.386 e. The van der Waals surface area contributed by atoms with E-state index in [0.717, 1.165) is 17.0 Å². The summed E-state index contributed by atoms with van der Waals surface area (Å²) in [5.74, 6) is 0.399. The second-order valence-corrected chi connectivity index (χ2v) is 4.64. The molecule has 1 aromatic rings. The molecule has 78 valence electrons. The van der Waals surface area contributed by atoms with E-state index in [-0.39, 0.29) is 0 Å². The number of hydrogen-bond acceptors (Lipinski definition) is 2. The van der Waals surface area contributed by atoms with Crippen LogP contribution in [0.15, 0.2) is 12.1 Å². The molecule has 0 aromatic carbocycles. The van der Waals surface area contributed by atoms with Gasteiger partial charge in [-0.25, -0.2) is 0 Å². The average Bonchev–Trinajstić information content (AvgIpc) is 2.01. The second-order valence-electron chi connectivity index (χ2n) is 4.64. The highest BCUT2D eigenvalue weighted by molar-refractivity contribution is 5.26. The predicted molar refractivity (Wildman–Crippen MR) is 58.3 cm³/mol. The molecule has 0 atom stereocenters. The number of rotatable bonds is 2. The van der Waals surface area contributed by atoms with E-state index in [9.17, 15) is 5.11 Å². The molecule has 0 aliphatic heterocycles. The molecule has 0 saturated carbocycles. The van der Waals surface area contributed by atoms with Crippen LogP contribution in [0.2, 0.25) is 0 Å². The number of hydrogen-bond donors (Lipinski definition) is 1. The third-order valence-electron chi connectivity index (χ3n) is 2.27. The number of nitrogens with zero attached hydrogens (tertiary/aromatic N) is 1. The number of pyridine rings is 1. The molecule has 14 heavy (non-hydrogen) atoms. The summed E-state index contributed by atoms with van der Waals surface area (Å²) in [6.45, 7) is 9.77. The van der Waals surface area contributed by atoms with Crippen molar-refractivity contribution in [3.63, 3.8) is 0 Å². The smallest absolute Gasteiger partial charge is 0.0841 e. The third-order valence-corrected chi connectivity index (χ3v) is 2.27. The van der Waals surface area contributed by atoms with Crippen LogP contribution in [0.25, 0.3) is 0 Å². The van der Waals surface area contributed by atoms with Crippen molar-refractivity contribution in [1.29, 1.82) is 0 Å². The molecular formula is C12H19NO. The fourth-order valence-electron chi connectivity index (χ4n) is 1.34. The highest BCUT2D eigenvalue weighted by Gasteiger charge is 2.17. The van der Waals surface area contributed by atoms with Gasteiger partial charge < -0.3 is 5.11 Å². The van der Waals surface area contributed by atoms with Crippen molar-refractivity contribution in [3.05, 3.63) is 29.1 Å². The summed E-state index contributed by atoms with van der Waals surface area (Å²) in [6, 6.07) is 3.92. The summed E-state index contributed by atoms with van der Waals surface area (Å²) in [7, 11) is 0. The molecule has 1 N–H and O–H groups in total. The monoisotopic (exact) mass is 193 g/mol. The summed E-state index contributed by atoms with van der Waals surface area (Å²) >= 11 is 0. The van der Waals surface area contributed by atoms with Crippen LogP contribution in [-0.2, 0) is 5.60 Å². The predicted octanol–water partition coefficient (Wildman–Crippen LogP) is 2.74. The van der Waals surface area contributed by atoms with E-state index in [4.69, 9.17) is 0 Å². The van der Waals surface area contributed by atoms with Crippen LogP contribution < -0.4 is 0 Å². The van der Waals surface area contributed by atoms with E-state index >= 15 is 0 Å². The van der Waals surface area contributed by atoms with E-state index in [1.165, 1.54) is 0 Å². The Kier molecular flexibility index (Phi) is 2.95. The van der Waals surface area contributed by atoms with E-state index in [0.29, 0.717) is 5.92 Å². The molecule has 0 aliphatic rings. The first-order chi connectivity index (χ1) is 6.30. The Morgan fingerprint density at radius 3 is 2.29 bits per heavy atom. The molecule has 0 fully saturated rings. The van der Waals surface area contributed by atoms with Crippen LogP contribution in [0, 0.1) is 6.92 Å². The van der Waals surface area contributed by atoms with E-state index in [1.54, 1.807) is 13.8 Å². The SMILES string of the molecule is Cc1cc(C(C)(C)O)cc(C(C)C)n1. The summed E-state index contributed by atoms with van der Waals surface area (Å²) < 4.78 is 0. The highest BCUT2D eigenvalue weighted by Crippen LogP contribution is 2.23. The van der Waals surface area contributed by atoms with Crippen molar-refractivity contribution in [1.82, 2.24) is 4.98 Å². The van der Waals surface area contributed by atoms with Gasteiger partial charge in [-0.15, -0.1) is 0 Å². The summed E-state index contributed by atoms with van der Waals surface area (Å²) in [5.41, 5.74) is 2.17. The molecule has 2 nitrogen and oxygen atoms in total. The van der Waals surface area contributed by atoms with Crippen LogP contribution in [0.5, 0.6) is 0 Å². The van der Waals surface area contributed by atoms with Crippen LogP contribution in [0.1, 0.15) is 50.6 Å². The lowest BCUT2D eigenvalue weighted by molar-refractivity contribution is 0.0783. The molecule has 1 heterocycles. The van der Waals surface area contributed by atoms with Crippen molar-refractivity contribution in [2.24, 2.45) is 0 Å². The number of aliphatic hydroxyl groups is 1. The van der Waals surface area contributed by atoms with Gasteiger partial charge in [-0.2, -0.15) is 0 Å². The highest BCUT2D eigenvalue weighted by atomic mass is 16.3. The summed E-state index contributed by atoms with van der Waals surface area (Å²) in [4.78, 5) is 4.44. The van der Waals surface area contributed by atoms with Crippen LogP contribution >= 0.6 is 0 Å². The molecule has 0 amide bonds. The molecule has 0 spiro atoms. The first-order valence-electron chi connectivity index (χ1n) is 5.02. The minimum absolute atomic E-state index is 0.399. The van der Waals surface area contributed by atoms with Crippen molar-refractivity contribution < 1.29 is 5.11 Å². The van der Waals surface area contributed by atoms with Gasteiger partial charge in [0, 0.05) is 11.4 Å². The minimum Gasteiger partial charge on any atom is -0.386 e. The number of aromatic nitrogens is 1. The molecule has 0 aliphatic carbocycles. The quantitative estimate of drug-likeness (QED) is 0.783. The fourth-order valence-corrected chi connectivity index (χ4v) is 1.34. The minimum atomic E-state index is -0.780.